The Kier molecular flexibility index (Phi) is 11.1. The Balaban J connectivity index is 1.24. The van der Waals surface area contributed by atoms with Crippen LogP contribution < -0.4 is 10.6 Å². The highest BCUT2D eigenvalue weighted by atomic mass is 35.5. The maximum absolute atomic E-state index is 14.0. The van der Waals surface area contributed by atoms with E-state index in [0.717, 1.165) is 51.3 Å². The summed E-state index contributed by atoms with van der Waals surface area (Å²) >= 11 is 6.14. The first-order chi connectivity index (χ1) is 20.8. The standard InChI is InChI=1S/C34H49ClN6O2/c1-25(2)24-41(29-13-16-38(3)17-14-29)40-20-18-39(19-21-40)34(43)32(22-26-8-10-28(35)11-9-26)37-33(42)23-31-30-7-5-4-6-27(30)12-15-36-31/h4-11,25,29,31-32,36H,12-24H2,1-3H3,(H,37,42)/t31?,32-/m1/s1. The van der Waals surface area contributed by atoms with Gasteiger partial charge in [0, 0.05) is 62.7 Å². The summed E-state index contributed by atoms with van der Waals surface area (Å²) in [6.45, 7) is 11.7. The van der Waals surface area contributed by atoms with Gasteiger partial charge in [0.25, 0.3) is 0 Å². The lowest BCUT2D eigenvalue weighted by Crippen LogP contribution is -2.61. The van der Waals surface area contributed by atoms with Gasteiger partial charge < -0.3 is 20.4 Å². The largest absolute Gasteiger partial charge is 0.344 e. The van der Waals surface area contributed by atoms with E-state index >= 15 is 0 Å². The van der Waals surface area contributed by atoms with E-state index in [-0.39, 0.29) is 17.9 Å². The number of hydrazine groups is 1. The smallest absolute Gasteiger partial charge is 0.245 e. The fourth-order valence-electron chi connectivity index (χ4n) is 6.83. The number of benzene rings is 2. The molecule has 5 rings (SSSR count). The minimum absolute atomic E-state index is 0.00495. The lowest BCUT2D eigenvalue weighted by Gasteiger charge is -2.47. The Morgan fingerprint density at radius 2 is 1.70 bits per heavy atom. The van der Waals surface area contributed by atoms with Crippen LogP contribution in [0.3, 0.4) is 0 Å². The number of rotatable bonds is 10. The summed E-state index contributed by atoms with van der Waals surface area (Å²) in [5.74, 6) is 0.462. The zero-order valence-corrected chi connectivity index (χ0v) is 26.9. The van der Waals surface area contributed by atoms with Crippen LogP contribution >= 0.6 is 11.6 Å². The van der Waals surface area contributed by atoms with Crippen LogP contribution in [0.2, 0.25) is 5.02 Å². The van der Waals surface area contributed by atoms with Crippen LogP contribution in [0.1, 0.15) is 55.8 Å². The number of fused-ring (bicyclic) bond motifs is 1. The molecule has 2 fully saturated rings. The van der Waals surface area contributed by atoms with E-state index in [4.69, 9.17) is 11.6 Å². The highest BCUT2D eigenvalue weighted by Crippen LogP contribution is 2.26. The van der Waals surface area contributed by atoms with Gasteiger partial charge in [0.1, 0.15) is 6.04 Å². The van der Waals surface area contributed by atoms with Crippen molar-refractivity contribution in [3.8, 4) is 0 Å². The zero-order chi connectivity index (χ0) is 30.3. The first kappa shape index (κ1) is 31.9. The normalized spacial score (nSPS) is 21.2. The molecule has 43 heavy (non-hydrogen) atoms. The maximum atomic E-state index is 14.0. The second kappa shape index (κ2) is 15.0. The molecule has 3 aliphatic heterocycles. The molecule has 0 aromatic heterocycles. The van der Waals surface area contributed by atoms with Crippen molar-refractivity contribution in [2.45, 2.75) is 64.1 Å². The summed E-state index contributed by atoms with van der Waals surface area (Å²) < 4.78 is 0. The molecular formula is C34H49ClN6O2. The van der Waals surface area contributed by atoms with Crippen LogP contribution in [-0.4, -0.2) is 103 Å². The molecule has 0 saturated carbocycles. The lowest BCUT2D eigenvalue weighted by atomic mass is 9.92. The molecule has 2 aromatic carbocycles. The molecular weight excluding hydrogens is 560 g/mol. The minimum atomic E-state index is -0.625. The molecule has 9 heteroatoms. The van der Waals surface area contributed by atoms with Crippen LogP contribution in [-0.2, 0) is 22.4 Å². The molecule has 1 unspecified atom stereocenters. The number of nitrogens with one attached hydrogen (secondary N) is 2. The Labute approximate surface area is 262 Å². The second-order valence-electron chi connectivity index (χ2n) is 12.9. The molecule has 8 nitrogen and oxygen atoms in total. The molecule has 2 atom stereocenters. The van der Waals surface area contributed by atoms with Gasteiger partial charge in [-0.15, -0.1) is 0 Å². The number of amides is 2. The van der Waals surface area contributed by atoms with Crippen LogP contribution in [0.5, 0.6) is 0 Å². The van der Waals surface area contributed by atoms with Crippen LogP contribution in [0.4, 0.5) is 0 Å². The Bertz CT molecular complexity index is 1210. The molecule has 2 amide bonds. The molecule has 3 heterocycles. The van der Waals surface area contributed by atoms with Gasteiger partial charge in [0.05, 0.1) is 0 Å². The monoisotopic (exact) mass is 608 g/mol. The molecule has 2 saturated heterocycles. The number of hydrogen-bond donors (Lipinski definition) is 2. The van der Waals surface area contributed by atoms with Gasteiger partial charge in [-0.1, -0.05) is 61.8 Å². The predicted octanol–water partition coefficient (Wildman–Crippen LogP) is 3.76. The van der Waals surface area contributed by atoms with Gasteiger partial charge in [-0.05, 0) is 80.7 Å². The third-order valence-electron chi connectivity index (χ3n) is 9.18. The summed E-state index contributed by atoms with van der Waals surface area (Å²) in [4.78, 5) is 31.8. The number of halogens is 1. The van der Waals surface area contributed by atoms with Gasteiger partial charge in [-0.2, -0.15) is 0 Å². The SMILES string of the molecule is CC(C)CN(C1CCN(C)CC1)N1CCN(C(=O)[C@@H](Cc2ccc(Cl)cc2)NC(=O)CC2NCCc3ccccc32)CC1. The summed E-state index contributed by atoms with van der Waals surface area (Å²) in [5, 5.41) is 12.4. The molecule has 234 valence electrons. The number of carbonyl (C=O) groups is 2. The van der Waals surface area contributed by atoms with Crippen molar-refractivity contribution >= 4 is 23.4 Å². The summed E-state index contributed by atoms with van der Waals surface area (Å²) in [5.41, 5.74) is 3.45. The van der Waals surface area contributed by atoms with E-state index in [9.17, 15) is 9.59 Å². The third kappa shape index (κ3) is 8.58. The van der Waals surface area contributed by atoms with Crippen LogP contribution in [0.15, 0.2) is 48.5 Å². The summed E-state index contributed by atoms with van der Waals surface area (Å²) in [6, 6.07) is 15.8. The van der Waals surface area contributed by atoms with Gasteiger partial charge in [0.2, 0.25) is 11.8 Å². The molecule has 0 spiro atoms. The van der Waals surface area contributed by atoms with Crippen LogP contribution in [0.25, 0.3) is 0 Å². The Morgan fingerprint density at radius 3 is 2.40 bits per heavy atom. The molecule has 2 N–H and O–H groups in total. The second-order valence-corrected chi connectivity index (χ2v) is 13.4. The van der Waals surface area contributed by atoms with E-state index in [0.29, 0.717) is 42.9 Å². The van der Waals surface area contributed by atoms with Crippen molar-refractivity contribution < 1.29 is 9.59 Å². The number of piperazine rings is 1. The average Bonchev–Trinajstić information content (AvgIpc) is 3.01. The van der Waals surface area contributed by atoms with Gasteiger partial charge >= 0.3 is 0 Å². The Hall–Kier alpha value is -2.49. The van der Waals surface area contributed by atoms with Crippen molar-refractivity contribution in [3.63, 3.8) is 0 Å². The predicted molar refractivity (Wildman–Crippen MR) is 173 cm³/mol. The van der Waals surface area contributed by atoms with E-state index in [1.54, 1.807) is 0 Å². The number of hydrogen-bond acceptors (Lipinski definition) is 6. The van der Waals surface area contributed by atoms with Crippen molar-refractivity contribution in [1.82, 2.24) is 30.5 Å². The number of piperidine rings is 1. The van der Waals surface area contributed by atoms with E-state index < -0.39 is 6.04 Å². The fourth-order valence-corrected chi connectivity index (χ4v) is 6.95. The first-order valence-corrected chi connectivity index (χ1v) is 16.5. The number of carbonyl (C=O) groups excluding carboxylic acids is 2. The fraction of sp³-hybridized carbons (Fsp3) is 0.588. The van der Waals surface area contributed by atoms with E-state index in [2.05, 4.69) is 64.6 Å². The molecule has 0 bridgehead atoms. The van der Waals surface area contributed by atoms with Crippen molar-refractivity contribution in [2.75, 3.05) is 59.4 Å². The highest BCUT2D eigenvalue weighted by molar-refractivity contribution is 6.30. The first-order valence-electron chi connectivity index (χ1n) is 16.1. The highest BCUT2D eigenvalue weighted by Gasteiger charge is 2.34. The van der Waals surface area contributed by atoms with Crippen LogP contribution in [0, 0.1) is 5.92 Å². The number of nitrogens with zero attached hydrogens (tertiary/aromatic N) is 4. The summed E-state index contributed by atoms with van der Waals surface area (Å²) in [7, 11) is 2.21. The average molecular weight is 609 g/mol. The zero-order valence-electron chi connectivity index (χ0n) is 26.1. The molecule has 0 radical (unpaired) electrons. The number of likely N-dealkylation sites (tertiary alicyclic amines) is 1. The van der Waals surface area contributed by atoms with Gasteiger partial charge in [-0.3, -0.25) is 9.59 Å². The topological polar surface area (TPSA) is 71.2 Å². The van der Waals surface area contributed by atoms with Crippen molar-refractivity contribution in [1.29, 1.82) is 0 Å². The quantitative estimate of drug-likeness (QED) is 0.428. The summed E-state index contributed by atoms with van der Waals surface area (Å²) in [6.07, 6.45) is 4.06. The maximum Gasteiger partial charge on any atom is 0.245 e. The van der Waals surface area contributed by atoms with Gasteiger partial charge in [-0.25, -0.2) is 10.0 Å². The minimum Gasteiger partial charge on any atom is -0.344 e. The van der Waals surface area contributed by atoms with E-state index in [1.165, 1.54) is 24.0 Å². The molecule has 3 aliphatic rings. The van der Waals surface area contributed by atoms with Gasteiger partial charge in [0.15, 0.2) is 0 Å². The molecule has 0 aliphatic carbocycles. The van der Waals surface area contributed by atoms with Crippen molar-refractivity contribution in [2.24, 2.45) is 5.92 Å². The molecule has 2 aromatic rings. The van der Waals surface area contributed by atoms with E-state index in [1.807, 2.05) is 35.2 Å². The third-order valence-corrected chi connectivity index (χ3v) is 9.44. The van der Waals surface area contributed by atoms with Crippen molar-refractivity contribution in [3.05, 3.63) is 70.2 Å². The lowest BCUT2D eigenvalue weighted by molar-refractivity contribution is -0.144. The Morgan fingerprint density at radius 1 is 1.00 bits per heavy atom.